The molecule has 27 heavy (non-hydrogen) atoms. The van der Waals surface area contributed by atoms with Crippen molar-refractivity contribution < 1.29 is 9.21 Å². The molecule has 0 unspecified atom stereocenters. The van der Waals surface area contributed by atoms with E-state index in [2.05, 4.69) is 36.2 Å². The van der Waals surface area contributed by atoms with Crippen molar-refractivity contribution >= 4 is 22.6 Å². The van der Waals surface area contributed by atoms with Crippen LogP contribution in [-0.2, 0) is 17.9 Å². The Hall–Kier alpha value is -2.92. The van der Waals surface area contributed by atoms with Gasteiger partial charge in [-0.3, -0.25) is 9.69 Å². The molecule has 0 aliphatic heterocycles. The monoisotopic (exact) mass is 364 g/mol. The Morgan fingerprint density at radius 2 is 1.81 bits per heavy atom. The highest BCUT2D eigenvalue weighted by molar-refractivity contribution is 5.92. The van der Waals surface area contributed by atoms with Crippen LogP contribution in [0.1, 0.15) is 31.9 Å². The van der Waals surface area contributed by atoms with Gasteiger partial charge in [0.15, 0.2) is 0 Å². The molecule has 0 saturated heterocycles. The Balaban J connectivity index is 1.94. The number of anilines is 1. The fourth-order valence-corrected chi connectivity index (χ4v) is 3.10. The van der Waals surface area contributed by atoms with E-state index in [0.717, 1.165) is 17.5 Å². The molecular weight excluding hydrogens is 340 g/mol. The molecule has 0 spiro atoms. The Bertz CT molecular complexity index is 993. The maximum Gasteiger partial charge on any atom is 0.336 e. The first-order chi connectivity index (χ1) is 12.9. The van der Waals surface area contributed by atoms with Crippen LogP contribution in [0.3, 0.4) is 0 Å². The number of carbonyl (C=O) groups is 1. The Labute approximate surface area is 158 Å². The molecule has 0 radical (unpaired) electrons. The van der Waals surface area contributed by atoms with E-state index in [1.807, 2.05) is 30.3 Å². The lowest BCUT2D eigenvalue weighted by molar-refractivity contribution is -0.114. The molecule has 140 valence electrons. The van der Waals surface area contributed by atoms with Gasteiger partial charge in [0, 0.05) is 49.3 Å². The minimum absolute atomic E-state index is 0.165. The van der Waals surface area contributed by atoms with Gasteiger partial charge in [-0.25, -0.2) is 4.79 Å². The first-order valence-corrected chi connectivity index (χ1v) is 9.05. The van der Waals surface area contributed by atoms with E-state index in [4.69, 9.17) is 4.42 Å². The number of amides is 1. The first-order valence-electron chi connectivity index (χ1n) is 9.05. The molecule has 3 aromatic rings. The van der Waals surface area contributed by atoms with Crippen LogP contribution in [-0.4, -0.2) is 16.8 Å². The molecule has 0 atom stereocenters. The van der Waals surface area contributed by atoms with Crippen LogP contribution >= 0.6 is 0 Å². The summed E-state index contributed by atoms with van der Waals surface area (Å²) >= 11 is 0. The number of fused-ring (bicyclic) bond motifs is 1. The smallest absolute Gasteiger partial charge is 0.336 e. The van der Waals surface area contributed by atoms with Gasteiger partial charge in [0.25, 0.3) is 0 Å². The maximum atomic E-state index is 12.1. The Morgan fingerprint density at radius 3 is 2.48 bits per heavy atom. The van der Waals surface area contributed by atoms with Crippen LogP contribution in [0.25, 0.3) is 11.0 Å². The number of nitrogens with zero attached hydrogens (tertiary/aromatic N) is 1. The summed E-state index contributed by atoms with van der Waals surface area (Å²) in [4.78, 5) is 25.7. The molecule has 0 bridgehead atoms. The van der Waals surface area contributed by atoms with Gasteiger partial charge in [-0.05, 0) is 37.1 Å². The molecule has 1 heterocycles. The SMILES string of the molecule is CC(=O)Nc1ccc2c(CN(Cc3ccccc3)C(C)C)cc(=O)oc2c1. The molecule has 3 rings (SSSR count). The average Bonchev–Trinajstić information content (AvgIpc) is 2.61. The summed E-state index contributed by atoms with van der Waals surface area (Å²) in [6, 6.07) is 17.5. The van der Waals surface area contributed by atoms with E-state index >= 15 is 0 Å². The minimum Gasteiger partial charge on any atom is -0.423 e. The molecule has 1 aromatic heterocycles. The van der Waals surface area contributed by atoms with Gasteiger partial charge in [-0.1, -0.05) is 30.3 Å². The average molecular weight is 364 g/mol. The molecule has 5 heteroatoms. The number of rotatable bonds is 6. The Morgan fingerprint density at radius 1 is 1.07 bits per heavy atom. The van der Waals surface area contributed by atoms with Crippen molar-refractivity contribution in [3.05, 3.63) is 76.1 Å². The Kier molecular flexibility index (Phi) is 5.72. The van der Waals surface area contributed by atoms with E-state index < -0.39 is 0 Å². The second kappa shape index (κ2) is 8.18. The molecule has 0 aliphatic rings. The van der Waals surface area contributed by atoms with Crippen molar-refractivity contribution in [2.24, 2.45) is 0 Å². The molecule has 1 N–H and O–H groups in total. The van der Waals surface area contributed by atoms with Crippen LogP contribution in [0.4, 0.5) is 5.69 Å². The third-order valence-corrected chi connectivity index (χ3v) is 4.48. The van der Waals surface area contributed by atoms with Crippen LogP contribution in [0.5, 0.6) is 0 Å². The molecular formula is C22H24N2O3. The fourth-order valence-electron chi connectivity index (χ4n) is 3.10. The van der Waals surface area contributed by atoms with Gasteiger partial charge in [-0.15, -0.1) is 0 Å². The van der Waals surface area contributed by atoms with E-state index in [9.17, 15) is 9.59 Å². The summed E-state index contributed by atoms with van der Waals surface area (Å²) in [6.45, 7) is 7.16. The quantitative estimate of drug-likeness (QED) is 0.667. The van der Waals surface area contributed by atoms with Crippen LogP contribution < -0.4 is 10.9 Å². The van der Waals surface area contributed by atoms with Gasteiger partial charge in [0.05, 0.1) is 0 Å². The summed E-state index contributed by atoms with van der Waals surface area (Å²) < 4.78 is 5.36. The van der Waals surface area contributed by atoms with Gasteiger partial charge >= 0.3 is 5.63 Å². The van der Waals surface area contributed by atoms with Crippen LogP contribution in [0.15, 0.2) is 63.8 Å². The topological polar surface area (TPSA) is 62.6 Å². The zero-order valence-electron chi connectivity index (χ0n) is 15.9. The number of nitrogens with one attached hydrogen (secondary N) is 1. The van der Waals surface area contributed by atoms with Gasteiger partial charge in [-0.2, -0.15) is 0 Å². The first kappa shape index (κ1) is 18.9. The van der Waals surface area contributed by atoms with Crippen molar-refractivity contribution in [1.29, 1.82) is 0 Å². The van der Waals surface area contributed by atoms with Gasteiger partial charge in [0.2, 0.25) is 5.91 Å². The number of carbonyl (C=O) groups excluding carboxylic acids is 1. The third-order valence-electron chi connectivity index (χ3n) is 4.48. The third kappa shape index (κ3) is 4.83. The number of hydrogen-bond donors (Lipinski definition) is 1. The zero-order chi connectivity index (χ0) is 19.4. The lowest BCUT2D eigenvalue weighted by Crippen LogP contribution is -2.30. The van der Waals surface area contributed by atoms with Crippen LogP contribution in [0, 0.1) is 0 Å². The van der Waals surface area contributed by atoms with Gasteiger partial charge < -0.3 is 9.73 Å². The lowest BCUT2D eigenvalue weighted by Gasteiger charge is -2.27. The normalized spacial score (nSPS) is 11.3. The summed E-state index contributed by atoms with van der Waals surface area (Å²) in [5.74, 6) is -0.165. The standard InChI is InChI=1S/C22H24N2O3/c1-15(2)24(13-17-7-5-4-6-8-17)14-18-11-22(26)27-21-12-19(23-16(3)25)9-10-20(18)21/h4-12,15H,13-14H2,1-3H3,(H,23,25). The fraction of sp³-hybridized carbons (Fsp3) is 0.273. The summed E-state index contributed by atoms with van der Waals surface area (Å²) in [7, 11) is 0. The highest BCUT2D eigenvalue weighted by atomic mass is 16.4. The molecule has 1 amide bonds. The van der Waals surface area contributed by atoms with Crippen molar-refractivity contribution in [2.75, 3.05) is 5.32 Å². The van der Waals surface area contributed by atoms with Crippen molar-refractivity contribution in [3.8, 4) is 0 Å². The summed E-state index contributed by atoms with van der Waals surface area (Å²) in [5, 5.41) is 3.59. The van der Waals surface area contributed by atoms with Crippen molar-refractivity contribution in [3.63, 3.8) is 0 Å². The zero-order valence-corrected chi connectivity index (χ0v) is 15.9. The molecule has 0 aliphatic carbocycles. The number of benzene rings is 2. The predicted molar refractivity (Wildman–Crippen MR) is 108 cm³/mol. The van der Waals surface area contributed by atoms with Gasteiger partial charge in [0.1, 0.15) is 5.58 Å². The van der Waals surface area contributed by atoms with Crippen LogP contribution in [0.2, 0.25) is 0 Å². The second-order valence-corrected chi connectivity index (χ2v) is 6.97. The summed E-state index contributed by atoms with van der Waals surface area (Å²) in [6.07, 6.45) is 0. The van der Waals surface area contributed by atoms with E-state index in [-0.39, 0.29) is 11.5 Å². The van der Waals surface area contributed by atoms with Crippen molar-refractivity contribution in [1.82, 2.24) is 4.90 Å². The second-order valence-electron chi connectivity index (χ2n) is 6.97. The van der Waals surface area contributed by atoms with Crippen molar-refractivity contribution in [2.45, 2.75) is 39.9 Å². The molecule has 2 aromatic carbocycles. The predicted octanol–water partition coefficient (Wildman–Crippen LogP) is 4.16. The highest BCUT2D eigenvalue weighted by Crippen LogP contribution is 2.23. The lowest BCUT2D eigenvalue weighted by atomic mass is 10.1. The van der Waals surface area contributed by atoms with E-state index in [1.165, 1.54) is 12.5 Å². The molecule has 5 nitrogen and oxygen atoms in total. The number of hydrogen-bond acceptors (Lipinski definition) is 4. The van der Waals surface area contributed by atoms with E-state index in [1.54, 1.807) is 12.1 Å². The van der Waals surface area contributed by atoms with E-state index in [0.29, 0.717) is 23.9 Å². The molecule has 0 fully saturated rings. The largest absolute Gasteiger partial charge is 0.423 e. The molecule has 0 saturated carbocycles. The maximum absolute atomic E-state index is 12.1. The summed E-state index contributed by atoms with van der Waals surface area (Å²) in [5.41, 5.74) is 2.85. The minimum atomic E-state index is -0.388. The highest BCUT2D eigenvalue weighted by Gasteiger charge is 2.15.